The van der Waals surface area contributed by atoms with Gasteiger partial charge in [0.1, 0.15) is 103 Å². The van der Waals surface area contributed by atoms with Crippen molar-refractivity contribution in [3.8, 4) is 34.5 Å². The third-order valence-electron chi connectivity index (χ3n) is 8.97. The fraction of sp³-hybridized carbons (Fsp3) is 0.182. The van der Waals surface area contributed by atoms with Crippen molar-refractivity contribution >= 4 is 141 Å². The summed E-state index contributed by atoms with van der Waals surface area (Å²) in [6.45, 7) is 18.3. The monoisotopic (exact) mass is 1520 g/mol. The van der Waals surface area contributed by atoms with Gasteiger partial charge in [-0.15, -0.1) is 0 Å². The Morgan fingerprint density at radius 3 is 0.352 bits per heavy atom. The lowest BCUT2D eigenvalue weighted by Gasteiger charge is -2.04. The average molecular weight is 1530 g/mol. The number of anilines is 6. The summed E-state index contributed by atoms with van der Waals surface area (Å²) < 4.78 is 0. The number of rotatable bonds is 12. The number of hydrogen-bond acceptors (Lipinski definition) is 24. The van der Waals surface area contributed by atoms with E-state index in [9.17, 15) is 86.3 Å². The van der Waals surface area contributed by atoms with Crippen LogP contribution in [0, 0.1) is 0 Å². The minimum atomic E-state index is -1.28. The van der Waals surface area contributed by atoms with Crippen LogP contribution in [-0.4, -0.2) is 168 Å². The normalized spacial score (nSPS) is 8.78. The highest BCUT2D eigenvalue weighted by atomic mass is 16.4. The second-order valence-electron chi connectivity index (χ2n) is 20.6. The number of carboxylic acids is 6. The summed E-state index contributed by atoms with van der Waals surface area (Å²) in [6.07, 6.45) is 0. The number of hydrogen-bond donors (Lipinski definition) is 24. The number of amides is 12. The highest BCUT2D eigenvalue weighted by molar-refractivity contribution is 5.99. The molecule has 12 amide bonds. The van der Waals surface area contributed by atoms with Crippen LogP contribution >= 0.6 is 0 Å². The van der Waals surface area contributed by atoms with Crippen molar-refractivity contribution < 1.29 is 148 Å². The van der Waals surface area contributed by atoms with Crippen LogP contribution in [0.25, 0.3) is 0 Å². The number of carbonyl (C=O) groups is 18. The fourth-order valence-corrected chi connectivity index (χ4v) is 5.56. The van der Waals surface area contributed by atoms with Gasteiger partial charge in [0.05, 0.1) is 0 Å². The molecule has 0 saturated carbocycles. The number of phenols is 6. The molecule has 588 valence electrons. The van der Waals surface area contributed by atoms with E-state index < -0.39 is 72.0 Å². The third kappa shape index (κ3) is 59.4. The molecule has 0 aliphatic carbocycles. The quantitative estimate of drug-likeness (QED) is 0.0545. The highest BCUT2D eigenvalue weighted by Crippen LogP contribution is 2.26. The Kier molecular flexibility index (Phi) is 53.0. The third-order valence-corrected chi connectivity index (χ3v) is 8.97. The Labute approximate surface area is 613 Å². The van der Waals surface area contributed by atoms with Gasteiger partial charge in [-0.2, -0.15) is 0 Å². The van der Waals surface area contributed by atoms with Gasteiger partial charge in [0.2, 0.25) is 0 Å². The number of urea groups is 6. The van der Waals surface area contributed by atoms with Crippen molar-refractivity contribution in [2.45, 2.75) is 83.1 Å². The molecule has 108 heavy (non-hydrogen) atoms. The lowest BCUT2D eigenvalue weighted by molar-refractivity contribution is -0.115. The molecule has 0 heterocycles. The number of nitrogens with one attached hydrogen (secondary N) is 6. The molecule has 0 saturated heterocycles. The molecule has 0 aromatic heterocycles. The molecule has 42 heteroatoms. The van der Waals surface area contributed by atoms with Crippen LogP contribution in [0.1, 0.15) is 145 Å². The molecule has 0 spiro atoms. The maximum Gasteiger partial charge on any atom is 0.339 e. The zero-order valence-corrected chi connectivity index (χ0v) is 59.6. The molecule has 0 aliphatic heterocycles. The number of nitrogens with two attached hydrogens (primary N) is 6. The molecule has 0 fully saturated rings. The number of aromatic carboxylic acids is 6. The molecule has 30 N–H and O–H groups in total. The van der Waals surface area contributed by atoms with Gasteiger partial charge < -0.3 is 156 Å². The van der Waals surface area contributed by atoms with Gasteiger partial charge in [-0.25, -0.2) is 57.5 Å². The zero-order valence-electron chi connectivity index (χ0n) is 59.6. The molecule has 6 rings (SSSR count). The summed E-state index contributed by atoms with van der Waals surface area (Å²) in [5.41, 5.74) is 28.5. The van der Waals surface area contributed by atoms with Gasteiger partial charge in [-0.3, -0.25) is 0 Å². The second kappa shape index (κ2) is 55.3. The predicted molar refractivity (Wildman–Crippen MR) is 388 cm³/mol. The molecule has 0 aliphatic rings. The maximum atomic E-state index is 10.6. The first-order valence-electron chi connectivity index (χ1n) is 29.0. The molecule has 0 radical (unpaired) electrons. The SMILES string of the molecule is CC(C)=O.CC(C)=O.CC(C)=O.CC(C)=O.CC(C)=O.CC(C)=O.NC(=O)Nc1ccc(O)c(C(=O)O)c1.NC(=O)Nc1ccc(O)c(C(=O)O)c1.NC(=O)Nc1ccc(O)c(C(=O)O)c1.NC(=O)Nc1ccc(O)c(C(=O)O)c1.NC(=O)Nc1ccc(O)c(C(=O)O)c1.NC(=O)Nc1ccc(O)c(C(=O)O)c1. The minimum absolute atomic E-state index is 0.167. The minimum Gasteiger partial charge on any atom is -0.507 e. The standard InChI is InChI=1S/6C8H8N2O4.6C3H6O/c6*9-8(14)10-4-1-2-6(11)5(3-4)7(12)13;6*1-3(2)4/h6*1-3,11H,(H,12,13)(H3,9,10,14);6*1-2H3. The summed E-state index contributed by atoms with van der Waals surface area (Å²) in [6, 6.07) is 16.9. The first kappa shape index (κ1) is 104. The average Bonchev–Trinajstić information content (AvgIpc) is 0.903. The predicted octanol–water partition coefficient (Wildman–Crippen LogP) is 7.06. The van der Waals surface area contributed by atoms with Crippen LogP contribution in [0.4, 0.5) is 62.9 Å². The number of primary amides is 6. The van der Waals surface area contributed by atoms with Crippen LogP contribution in [-0.2, 0) is 28.8 Å². The van der Waals surface area contributed by atoms with Crippen molar-refractivity contribution in [1.82, 2.24) is 0 Å². The summed E-state index contributed by atoms with van der Waals surface area (Å²) in [5.74, 6) is -8.90. The van der Waals surface area contributed by atoms with Gasteiger partial charge in [-0.05, 0) is 192 Å². The molecule has 0 atom stereocenters. The van der Waals surface area contributed by atoms with Gasteiger partial charge in [-0.1, -0.05) is 0 Å². The number of carbonyl (C=O) groups excluding carboxylic acids is 12. The van der Waals surface area contributed by atoms with Crippen LogP contribution in [0.15, 0.2) is 109 Å². The molecule has 6 aromatic rings. The van der Waals surface area contributed by atoms with E-state index in [2.05, 4.69) is 31.9 Å². The van der Waals surface area contributed by atoms with E-state index in [1.54, 1.807) is 0 Å². The van der Waals surface area contributed by atoms with E-state index in [-0.39, 0.29) is 137 Å². The Bertz CT molecular complexity index is 3480. The summed E-state index contributed by atoms with van der Waals surface area (Å²) in [7, 11) is 0. The topological polar surface area (TPSA) is 778 Å². The van der Waals surface area contributed by atoms with Crippen LogP contribution in [0.5, 0.6) is 34.5 Å². The van der Waals surface area contributed by atoms with E-state index in [1.807, 2.05) is 0 Å². The van der Waals surface area contributed by atoms with E-state index >= 15 is 0 Å². The smallest absolute Gasteiger partial charge is 0.339 e. The van der Waals surface area contributed by atoms with Gasteiger partial charge in [0, 0.05) is 34.1 Å². The second-order valence-corrected chi connectivity index (χ2v) is 20.6. The van der Waals surface area contributed by atoms with Crippen LogP contribution < -0.4 is 66.3 Å². The van der Waals surface area contributed by atoms with Crippen molar-refractivity contribution in [3.05, 3.63) is 143 Å². The molecular formula is C66H84N12O30. The van der Waals surface area contributed by atoms with Crippen molar-refractivity contribution in [2.75, 3.05) is 31.9 Å². The maximum absolute atomic E-state index is 10.6. The highest BCUT2D eigenvalue weighted by Gasteiger charge is 2.16. The van der Waals surface area contributed by atoms with Gasteiger partial charge in [0.15, 0.2) is 0 Å². The first-order chi connectivity index (χ1) is 49.4. The van der Waals surface area contributed by atoms with E-state index in [0.717, 1.165) is 72.8 Å². The van der Waals surface area contributed by atoms with Gasteiger partial charge in [0.25, 0.3) is 0 Å². The van der Waals surface area contributed by atoms with Crippen molar-refractivity contribution in [2.24, 2.45) is 34.4 Å². The largest absolute Gasteiger partial charge is 0.507 e. The Morgan fingerprint density at radius 2 is 0.287 bits per heavy atom. The van der Waals surface area contributed by atoms with Crippen molar-refractivity contribution in [3.63, 3.8) is 0 Å². The van der Waals surface area contributed by atoms with Crippen LogP contribution in [0.2, 0.25) is 0 Å². The lowest BCUT2D eigenvalue weighted by Crippen LogP contribution is -2.19. The van der Waals surface area contributed by atoms with Crippen LogP contribution in [0.3, 0.4) is 0 Å². The van der Waals surface area contributed by atoms with E-state index in [4.69, 9.17) is 95.7 Å². The Hall–Kier alpha value is -15.4. The molecule has 42 nitrogen and oxygen atoms in total. The first-order valence-corrected chi connectivity index (χ1v) is 29.0. The number of carboxylic acid groups (broad SMARTS) is 6. The lowest BCUT2D eigenvalue weighted by atomic mass is 10.2. The molecule has 0 unspecified atom stereocenters. The summed E-state index contributed by atoms with van der Waals surface area (Å²) >= 11 is 0. The number of aromatic hydroxyl groups is 6. The van der Waals surface area contributed by atoms with E-state index in [1.165, 1.54) is 119 Å². The molecule has 6 aromatic carbocycles. The zero-order chi connectivity index (χ0) is 85.8. The summed E-state index contributed by atoms with van der Waals surface area (Å²) in [5, 5.41) is 120. The van der Waals surface area contributed by atoms with E-state index in [0.29, 0.717) is 0 Å². The number of benzene rings is 6. The van der Waals surface area contributed by atoms with Gasteiger partial charge >= 0.3 is 72.0 Å². The fourth-order valence-electron chi connectivity index (χ4n) is 5.56. The molecular weight excluding hydrogens is 1440 g/mol. The Balaban J connectivity index is -0.000000272. The number of Topliss-reactive ketones (excluding diaryl/α,β-unsaturated/α-hetero) is 6. The molecule has 0 bridgehead atoms. The number of ketones is 6. The van der Waals surface area contributed by atoms with Crippen molar-refractivity contribution in [1.29, 1.82) is 0 Å². The Morgan fingerprint density at radius 1 is 0.204 bits per heavy atom. The summed E-state index contributed by atoms with van der Waals surface area (Å²) in [4.78, 5) is 183.